The number of thiocarbonyl (C=S) groups is 1. The Morgan fingerprint density at radius 2 is 2.21 bits per heavy atom. The van der Waals surface area contributed by atoms with E-state index >= 15 is 0 Å². The summed E-state index contributed by atoms with van der Waals surface area (Å²) >= 11 is 5.08. The lowest BCUT2D eigenvalue weighted by atomic mass is 10.2. The molecule has 0 aromatic carbocycles. The van der Waals surface area contributed by atoms with Gasteiger partial charge in [-0.1, -0.05) is 23.4 Å². The molecule has 0 aliphatic rings. The summed E-state index contributed by atoms with van der Waals surface area (Å²) in [6.07, 6.45) is 1.62. The van der Waals surface area contributed by atoms with Crippen LogP contribution in [0, 0.1) is 0 Å². The summed E-state index contributed by atoms with van der Waals surface area (Å²) in [5, 5.41) is 12.0. The van der Waals surface area contributed by atoms with Crippen molar-refractivity contribution in [2.75, 3.05) is 14.1 Å². The molecule has 1 aromatic heterocycles. The Bertz CT molecular complexity index is 348. The van der Waals surface area contributed by atoms with Crippen LogP contribution in [0.5, 0.6) is 0 Å². The Labute approximate surface area is 87.9 Å². The van der Waals surface area contributed by atoms with E-state index in [1.807, 2.05) is 6.07 Å². The van der Waals surface area contributed by atoms with E-state index in [9.17, 15) is 0 Å². The third-order valence-electron chi connectivity index (χ3n) is 1.62. The van der Waals surface area contributed by atoms with Crippen molar-refractivity contribution in [2.45, 2.75) is 0 Å². The number of nitrogens with zero attached hydrogens (tertiary/aromatic N) is 3. The first kappa shape index (κ1) is 10.6. The summed E-state index contributed by atoms with van der Waals surface area (Å²) in [6, 6.07) is 5.34. The molecule has 0 saturated heterocycles. The van der Waals surface area contributed by atoms with Gasteiger partial charge < -0.3 is 10.1 Å². The van der Waals surface area contributed by atoms with Gasteiger partial charge in [0.05, 0.1) is 5.69 Å². The highest BCUT2D eigenvalue weighted by molar-refractivity contribution is 7.82. The van der Waals surface area contributed by atoms with E-state index in [1.165, 1.54) is 0 Å². The molecule has 0 unspecified atom stereocenters. The van der Waals surface area contributed by atoms with Crippen LogP contribution < -0.4 is 0 Å². The van der Waals surface area contributed by atoms with Gasteiger partial charge in [-0.3, -0.25) is 4.98 Å². The molecule has 1 aromatic rings. The first-order valence-corrected chi connectivity index (χ1v) is 4.42. The van der Waals surface area contributed by atoms with E-state index in [2.05, 4.69) is 10.1 Å². The van der Waals surface area contributed by atoms with E-state index in [0.29, 0.717) is 16.4 Å². The van der Waals surface area contributed by atoms with Crippen LogP contribution in [0.4, 0.5) is 0 Å². The Hall–Kier alpha value is -1.49. The van der Waals surface area contributed by atoms with Gasteiger partial charge >= 0.3 is 0 Å². The van der Waals surface area contributed by atoms with Crippen LogP contribution in [-0.2, 0) is 0 Å². The Morgan fingerprint density at radius 1 is 1.50 bits per heavy atom. The third kappa shape index (κ3) is 2.26. The zero-order valence-corrected chi connectivity index (χ0v) is 8.82. The van der Waals surface area contributed by atoms with Crippen LogP contribution in [0.1, 0.15) is 5.69 Å². The minimum absolute atomic E-state index is 0.311. The van der Waals surface area contributed by atoms with Crippen molar-refractivity contribution in [3.8, 4) is 0 Å². The number of pyridine rings is 1. The molecule has 0 radical (unpaired) electrons. The van der Waals surface area contributed by atoms with Crippen LogP contribution in [0.3, 0.4) is 0 Å². The normalized spacial score (nSPS) is 11.1. The minimum atomic E-state index is 0.311. The monoisotopic (exact) mass is 209 g/mol. The average Bonchev–Trinajstić information content (AvgIpc) is 2.20. The minimum Gasteiger partial charge on any atom is -0.410 e. The molecule has 1 heterocycles. The Kier molecular flexibility index (Phi) is 3.53. The number of hydrogen-bond donors (Lipinski definition) is 1. The SMILES string of the molecule is CN(C)C(=S)C(=NO)c1ccccn1. The van der Waals surface area contributed by atoms with Crippen LogP contribution >= 0.6 is 12.2 Å². The van der Waals surface area contributed by atoms with E-state index < -0.39 is 0 Å². The number of rotatable bonds is 2. The van der Waals surface area contributed by atoms with Gasteiger partial charge in [0.2, 0.25) is 0 Å². The second-order valence-electron chi connectivity index (χ2n) is 2.86. The van der Waals surface area contributed by atoms with Crippen molar-refractivity contribution in [3.05, 3.63) is 30.1 Å². The quantitative estimate of drug-likeness (QED) is 0.343. The van der Waals surface area contributed by atoms with Crippen molar-refractivity contribution < 1.29 is 5.21 Å². The van der Waals surface area contributed by atoms with Gasteiger partial charge in [-0.25, -0.2) is 0 Å². The highest BCUT2D eigenvalue weighted by Crippen LogP contribution is 2.00. The molecule has 1 rings (SSSR count). The summed E-state index contributed by atoms with van der Waals surface area (Å²) < 4.78 is 0. The van der Waals surface area contributed by atoms with Crippen molar-refractivity contribution in [3.63, 3.8) is 0 Å². The van der Waals surface area contributed by atoms with Crippen LogP contribution in [0.25, 0.3) is 0 Å². The van der Waals surface area contributed by atoms with Crippen molar-refractivity contribution in [2.24, 2.45) is 5.16 Å². The fourth-order valence-electron chi connectivity index (χ4n) is 0.918. The number of hydrogen-bond acceptors (Lipinski definition) is 4. The zero-order chi connectivity index (χ0) is 10.6. The first-order valence-electron chi connectivity index (χ1n) is 4.02. The van der Waals surface area contributed by atoms with Gasteiger partial charge in [-0.15, -0.1) is 0 Å². The smallest absolute Gasteiger partial charge is 0.162 e. The molecule has 74 valence electrons. The highest BCUT2D eigenvalue weighted by Gasteiger charge is 2.12. The Balaban J connectivity index is 3.01. The lowest BCUT2D eigenvalue weighted by Crippen LogP contribution is -2.29. The van der Waals surface area contributed by atoms with E-state index in [-0.39, 0.29) is 0 Å². The first-order chi connectivity index (χ1) is 6.66. The van der Waals surface area contributed by atoms with Crippen molar-refractivity contribution in [1.82, 2.24) is 9.88 Å². The standard InChI is InChI=1S/C9H11N3OS/c1-12(2)9(14)8(11-13)7-5-3-4-6-10-7/h3-6,13H,1-2H3. The van der Waals surface area contributed by atoms with Gasteiger partial charge in [0.15, 0.2) is 5.71 Å². The Morgan fingerprint density at radius 3 is 2.64 bits per heavy atom. The van der Waals surface area contributed by atoms with Crippen LogP contribution in [0.2, 0.25) is 0 Å². The largest absolute Gasteiger partial charge is 0.410 e. The predicted octanol–water partition coefficient (Wildman–Crippen LogP) is 1.15. The summed E-state index contributed by atoms with van der Waals surface area (Å²) in [6.45, 7) is 0. The van der Waals surface area contributed by atoms with Gasteiger partial charge in [-0.05, 0) is 12.1 Å². The highest BCUT2D eigenvalue weighted by atomic mass is 32.1. The number of likely N-dealkylation sites (N-methyl/N-ethyl adjacent to an activating group) is 1. The van der Waals surface area contributed by atoms with Crippen molar-refractivity contribution >= 4 is 22.9 Å². The molecule has 0 aliphatic carbocycles. The molecular weight excluding hydrogens is 198 g/mol. The molecule has 4 nitrogen and oxygen atoms in total. The van der Waals surface area contributed by atoms with Gasteiger partial charge in [0, 0.05) is 20.3 Å². The maximum Gasteiger partial charge on any atom is 0.162 e. The molecular formula is C9H11N3OS. The molecule has 0 fully saturated rings. The molecule has 0 amide bonds. The summed E-state index contributed by atoms with van der Waals surface area (Å²) in [4.78, 5) is 6.19. The summed E-state index contributed by atoms with van der Waals surface area (Å²) in [7, 11) is 3.58. The van der Waals surface area contributed by atoms with Gasteiger partial charge in [0.1, 0.15) is 4.99 Å². The number of aromatic nitrogens is 1. The third-order valence-corrected chi connectivity index (χ3v) is 2.17. The van der Waals surface area contributed by atoms with E-state index in [0.717, 1.165) is 0 Å². The molecule has 0 aliphatic heterocycles. The van der Waals surface area contributed by atoms with Crippen LogP contribution in [0.15, 0.2) is 29.6 Å². The van der Waals surface area contributed by atoms with Crippen LogP contribution in [-0.4, -0.2) is 39.9 Å². The van der Waals surface area contributed by atoms with Gasteiger partial charge in [-0.2, -0.15) is 0 Å². The topological polar surface area (TPSA) is 48.7 Å². The maximum atomic E-state index is 8.83. The molecule has 14 heavy (non-hydrogen) atoms. The predicted molar refractivity (Wildman–Crippen MR) is 58.8 cm³/mol. The maximum absolute atomic E-state index is 8.83. The average molecular weight is 209 g/mol. The molecule has 5 heteroatoms. The summed E-state index contributed by atoms with van der Waals surface area (Å²) in [5.41, 5.74) is 0.874. The summed E-state index contributed by atoms with van der Waals surface area (Å²) in [5.74, 6) is 0. The second kappa shape index (κ2) is 4.66. The van der Waals surface area contributed by atoms with Gasteiger partial charge in [0.25, 0.3) is 0 Å². The molecule has 0 bridgehead atoms. The second-order valence-corrected chi connectivity index (χ2v) is 3.25. The fraction of sp³-hybridized carbons (Fsp3) is 0.222. The molecule has 0 saturated carbocycles. The lowest BCUT2D eigenvalue weighted by Gasteiger charge is -2.13. The van der Waals surface area contributed by atoms with Crippen molar-refractivity contribution in [1.29, 1.82) is 0 Å². The van der Waals surface area contributed by atoms with E-state index in [1.54, 1.807) is 37.3 Å². The fourth-order valence-corrected chi connectivity index (χ4v) is 1.06. The molecule has 0 atom stereocenters. The molecule has 1 N–H and O–H groups in total. The number of oxime groups is 1. The molecule has 0 spiro atoms. The van der Waals surface area contributed by atoms with E-state index in [4.69, 9.17) is 17.4 Å². The lowest BCUT2D eigenvalue weighted by molar-refractivity contribution is 0.320. The zero-order valence-electron chi connectivity index (χ0n) is 8.01.